The molecule has 0 atom stereocenters. The fourth-order valence-electron chi connectivity index (χ4n) is 2.21. The van der Waals surface area contributed by atoms with Crippen LogP contribution in [0.1, 0.15) is 15.9 Å². The summed E-state index contributed by atoms with van der Waals surface area (Å²) in [6.07, 6.45) is 2.58. The van der Waals surface area contributed by atoms with Crippen molar-refractivity contribution in [3.63, 3.8) is 0 Å². The molecule has 5 heteroatoms. The maximum Gasteiger partial charge on any atom is 0.252 e. The minimum atomic E-state index is -0.0117. The normalized spacial score (nSPS) is 10.7. The maximum absolute atomic E-state index is 12.0. The second-order valence-electron chi connectivity index (χ2n) is 4.64. The third kappa shape index (κ3) is 3.41. The Bertz CT molecular complexity index is 779. The Hall–Kier alpha value is -1.47. The van der Waals surface area contributed by atoms with Crippen LogP contribution in [0, 0.1) is 2.88 Å². The number of rotatable bonds is 4. The van der Waals surface area contributed by atoms with E-state index in [-0.39, 0.29) is 5.91 Å². The molecular formula is C16H13IN2OS. The van der Waals surface area contributed by atoms with Gasteiger partial charge in [-0.25, -0.2) is 0 Å². The van der Waals surface area contributed by atoms with Gasteiger partial charge in [-0.05, 0) is 46.7 Å². The summed E-state index contributed by atoms with van der Waals surface area (Å²) < 4.78 is 1.12. The van der Waals surface area contributed by atoms with Crippen LogP contribution in [0.2, 0.25) is 0 Å². The molecule has 1 amide bonds. The van der Waals surface area contributed by atoms with Gasteiger partial charge in [-0.3, -0.25) is 9.78 Å². The van der Waals surface area contributed by atoms with Gasteiger partial charge >= 0.3 is 0 Å². The van der Waals surface area contributed by atoms with Crippen molar-refractivity contribution in [2.75, 3.05) is 6.54 Å². The van der Waals surface area contributed by atoms with Gasteiger partial charge in [0.1, 0.15) is 0 Å². The summed E-state index contributed by atoms with van der Waals surface area (Å²) in [5, 5.41) is 5.98. The number of pyridine rings is 1. The lowest BCUT2D eigenvalue weighted by Crippen LogP contribution is -2.25. The molecule has 2 heterocycles. The van der Waals surface area contributed by atoms with Crippen LogP contribution >= 0.6 is 33.9 Å². The Morgan fingerprint density at radius 2 is 2.14 bits per heavy atom. The summed E-state index contributed by atoms with van der Waals surface area (Å²) in [6, 6.07) is 12.0. The number of para-hydroxylation sites is 1. The minimum absolute atomic E-state index is 0.0117. The first-order valence-electron chi connectivity index (χ1n) is 6.59. The van der Waals surface area contributed by atoms with E-state index in [2.05, 4.69) is 51.1 Å². The first-order valence-corrected chi connectivity index (χ1v) is 8.55. The van der Waals surface area contributed by atoms with Gasteiger partial charge in [0.15, 0.2) is 0 Å². The van der Waals surface area contributed by atoms with Crippen LogP contribution in [0.3, 0.4) is 0 Å². The summed E-state index contributed by atoms with van der Waals surface area (Å²) in [5.41, 5.74) is 2.91. The molecule has 2 aromatic heterocycles. The van der Waals surface area contributed by atoms with Crippen molar-refractivity contribution in [2.24, 2.45) is 0 Å². The second kappa shape index (κ2) is 6.53. The highest BCUT2D eigenvalue weighted by atomic mass is 127. The van der Waals surface area contributed by atoms with Gasteiger partial charge in [-0.15, -0.1) is 11.3 Å². The topological polar surface area (TPSA) is 42.0 Å². The van der Waals surface area contributed by atoms with Crippen LogP contribution in [0.5, 0.6) is 0 Å². The first kappa shape index (κ1) is 14.5. The molecule has 0 fully saturated rings. The number of aromatic nitrogens is 1. The molecule has 0 unspecified atom stereocenters. The number of benzene rings is 1. The molecule has 21 heavy (non-hydrogen) atoms. The lowest BCUT2D eigenvalue weighted by atomic mass is 10.1. The number of nitrogens with zero attached hydrogens (tertiary/aromatic N) is 1. The van der Waals surface area contributed by atoms with E-state index < -0.39 is 0 Å². The number of carbonyl (C=O) groups is 1. The quantitative estimate of drug-likeness (QED) is 0.666. The SMILES string of the molecule is O=C(NCCc1cccc2cccnc12)c1csc(I)c1. The summed E-state index contributed by atoms with van der Waals surface area (Å²) in [4.78, 5) is 16.4. The molecule has 0 saturated heterocycles. The molecule has 3 nitrogen and oxygen atoms in total. The molecule has 0 aliphatic rings. The van der Waals surface area contributed by atoms with E-state index in [1.165, 1.54) is 0 Å². The van der Waals surface area contributed by atoms with Gasteiger partial charge in [0, 0.05) is 23.5 Å². The van der Waals surface area contributed by atoms with Crippen molar-refractivity contribution in [1.29, 1.82) is 0 Å². The van der Waals surface area contributed by atoms with Crippen LogP contribution < -0.4 is 5.32 Å². The predicted molar refractivity (Wildman–Crippen MR) is 94.8 cm³/mol. The summed E-state index contributed by atoms with van der Waals surface area (Å²) in [7, 11) is 0. The third-order valence-corrected chi connectivity index (χ3v) is 5.01. The average molecular weight is 408 g/mol. The van der Waals surface area contributed by atoms with Crippen LogP contribution in [-0.2, 0) is 6.42 Å². The number of halogens is 1. The van der Waals surface area contributed by atoms with Gasteiger partial charge in [-0.1, -0.05) is 24.3 Å². The monoisotopic (exact) mass is 408 g/mol. The molecule has 3 aromatic rings. The maximum atomic E-state index is 12.0. The summed E-state index contributed by atoms with van der Waals surface area (Å²) in [6.45, 7) is 0.612. The smallest absolute Gasteiger partial charge is 0.252 e. The van der Waals surface area contributed by atoms with Crippen molar-refractivity contribution in [1.82, 2.24) is 10.3 Å². The molecule has 0 aliphatic heterocycles. The van der Waals surface area contributed by atoms with E-state index in [0.29, 0.717) is 6.54 Å². The number of fused-ring (bicyclic) bond motifs is 1. The van der Waals surface area contributed by atoms with Crippen LogP contribution in [0.15, 0.2) is 48.0 Å². The minimum Gasteiger partial charge on any atom is -0.352 e. The van der Waals surface area contributed by atoms with Crippen molar-refractivity contribution >= 4 is 50.7 Å². The lowest BCUT2D eigenvalue weighted by Gasteiger charge is -2.06. The fraction of sp³-hybridized carbons (Fsp3) is 0.125. The van der Waals surface area contributed by atoms with E-state index in [9.17, 15) is 4.79 Å². The Balaban J connectivity index is 1.66. The van der Waals surface area contributed by atoms with Gasteiger partial charge < -0.3 is 5.32 Å². The molecule has 0 bridgehead atoms. The molecular weight excluding hydrogens is 395 g/mol. The van der Waals surface area contributed by atoms with Gasteiger partial charge in [0.25, 0.3) is 5.91 Å². The Morgan fingerprint density at radius 3 is 2.95 bits per heavy atom. The zero-order valence-electron chi connectivity index (χ0n) is 11.2. The summed E-state index contributed by atoms with van der Waals surface area (Å²) in [5.74, 6) is -0.0117. The number of hydrogen-bond acceptors (Lipinski definition) is 3. The van der Waals surface area contributed by atoms with E-state index >= 15 is 0 Å². The van der Waals surface area contributed by atoms with E-state index in [0.717, 1.165) is 31.3 Å². The summed E-state index contributed by atoms with van der Waals surface area (Å²) >= 11 is 3.80. The van der Waals surface area contributed by atoms with Crippen LogP contribution in [0.4, 0.5) is 0 Å². The largest absolute Gasteiger partial charge is 0.352 e. The average Bonchev–Trinajstić information content (AvgIpc) is 2.94. The standard InChI is InChI=1S/C16H13IN2OS/c17-14-9-13(10-21-14)16(20)19-8-6-12-4-1-3-11-5-2-7-18-15(11)12/h1-5,7,9-10H,6,8H2,(H,19,20). The molecule has 106 valence electrons. The second-order valence-corrected chi connectivity index (χ2v) is 7.44. The zero-order chi connectivity index (χ0) is 14.7. The number of thiophene rings is 1. The van der Waals surface area contributed by atoms with Crippen molar-refractivity contribution < 1.29 is 4.79 Å². The number of carbonyl (C=O) groups excluding carboxylic acids is 1. The third-order valence-electron chi connectivity index (χ3n) is 3.23. The van der Waals surface area contributed by atoms with Gasteiger partial charge in [0.2, 0.25) is 0 Å². The lowest BCUT2D eigenvalue weighted by molar-refractivity contribution is 0.0954. The molecule has 0 saturated carbocycles. The molecule has 1 aromatic carbocycles. The molecule has 1 N–H and O–H groups in total. The van der Waals surface area contributed by atoms with Gasteiger partial charge in [0.05, 0.1) is 14.0 Å². The Morgan fingerprint density at radius 1 is 1.29 bits per heavy atom. The van der Waals surface area contributed by atoms with Crippen LogP contribution in [-0.4, -0.2) is 17.4 Å². The van der Waals surface area contributed by atoms with Gasteiger partial charge in [-0.2, -0.15) is 0 Å². The fourth-order valence-corrected chi connectivity index (χ4v) is 3.54. The zero-order valence-corrected chi connectivity index (χ0v) is 14.1. The van der Waals surface area contributed by atoms with Crippen molar-refractivity contribution in [2.45, 2.75) is 6.42 Å². The van der Waals surface area contributed by atoms with Crippen LogP contribution in [0.25, 0.3) is 10.9 Å². The van der Waals surface area contributed by atoms with Crippen molar-refractivity contribution in [3.05, 3.63) is 62.0 Å². The molecule has 0 radical (unpaired) electrons. The number of hydrogen-bond donors (Lipinski definition) is 1. The van der Waals surface area contributed by atoms with Crippen molar-refractivity contribution in [3.8, 4) is 0 Å². The highest BCUT2D eigenvalue weighted by Crippen LogP contribution is 2.17. The predicted octanol–water partition coefficient (Wildman–Crippen LogP) is 3.87. The molecule has 0 spiro atoms. The highest BCUT2D eigenvalue weighted by molar-refractivity contribution is 14.1. The highest BCUT2D eigenvalue weighted by Gasteiger charge is 2.08. The first-order chi connectivity index (χ1) is 10.2. The van der Waals surface area contributed by atoms with E-state index in [1.807, 2.05) is 23.6 Å². The molecule has 0 aliphatic carbocycles. The van der Waals surface area contributed by atoms with E-state index in [1.54, 1.807) is 17.5 Å². The Labute approximate surface area is 140 Å². The Kier molecular flexibility index (Phi) is 4.50. The number of nitrogens with one attached hydrogen (secondary N) is 1. The molecule has 3 rings (SSSR count). The van der Waals surface area contributed by atoms with E-state index in [4.69, 9.17) is 0 Å². The number of amides is 1.